The summed E-state index contributed by atoms with van der Waals surface area (Å²) in [5, 5.41) is 18.6. The molecule has 0 atom stereocenters. The highest BCUT2D eigenvalue weighted by molar-refractivity contribution is 5.71. The molecule has 2 rings (SSSR count). The van der Waals surface area contributed by atoms with Gasteiger partial charge < -0.3 is 10.2 Å². The van der Waals surface area contributed by atoms with E-state index in [-0.39, 0.29) is 11.6 Å². The first kappa shape index (κ1) is 16.0. The number of alkyl halides is 6. The largest absolute Gasteiger partial charge is 0.508 e. The fraction of sp³-hybridized carbons (Fsp3) is 0.143. The molecule has 8 heteroatoms. The van der Waals surface area contributed by atoms with Crippen LogP contribution in [-0.4, -0.2) is 10.2 Å². The lowest BCUT2D eigenvalue weighted by Gasteiger charge is -2.16. The zero-order valence-electron chi connectivity index (χ0n) is 10.6. The Morgan fingerprint density at radius 3 is 1.68 bits per heavy atom. The van der Waals surface area contributed by atoms with Gasteiger partial charge in [-0.1, -0.05) is 6.07 Å². The van der Waals surface area contributed by atoms with Crippen molar-refractivity contribution in [2.24, 2.45) is 0 Å². The van der Waals surface area contributed by atoms with Gasteiger partial charge in [-0.25, -0.2) is 0 Å². The van der Waals surface area contributed by atoms with Crippen molar-refractivity contribution in [3.63, 3.8) is 0 Å². The minimum absolute atomic E-state index is 0.00354. The summed E-state index contributed by atoms with van der Waals surface area (Å²) < 4.78 is 76.7. The molecule has 0 aliphatic carbocycles. The molecule has 2 nitrogen and oxygen atoms in total. The zero-order valence-corrected chi connectivity index (χ0v) is 10.6. The number of aromatic hydroxyl groups is 2. The molecular formula is C14H8F6O2. The highest BCUT2D eigenvalue weighted by Gasteiger charge is 2.38. The molecule has 0 bridgehead atoms. The predicted molar refractivity (Wildman–Crippen MR) is 65.2 cm³/mol. The molecule has 22 heavy (non-hydrogen) atoms. The third kappa shape index (κ3) is 3.26. The average molecular weight is 322 g/mol. The minimum atomic E-state index is -5.03. The summed E-state index contributed by atoms with van der Waals surface area (Å²) >= 11 is 0. The second-order valence-electron chi connectivity index (χ2n) is 4.49. The molecule has 0 heterocycles. The molecule has 0 saturated heterocycles. The first-order chi connectivity index (χ1) is 9.98. The Kier molecular flexibility index (Phi) is 3.72. The number of rotatable bonds is 1. The Morgan fingerprint density at radius 1 is 0.682 bits per heavy atom. The normalized spacial score (nSPS) is 12.5. The summed E-state index contributed by atoms with van der Waals surface area (Å²) in [5.74, 6) is -1.02. The van der Waals surface area contributed by atoms with E-state index < -0.39 is 40.5 Å². The second-order valence-corrected chi connectivity index (χ2v) is 4.49. The molecule has 2 aromatic rings. The molecule has 0 aliphatic heterocycles. The van der Waals surface area contributed by atoms with Gasteiger partial charge in [0.1, 0.15) is 11.5 Å². The van der Waals surface area contributed by atoms with Crippen molar-refractivity contribution < 1.29 is 36.6 Å². The summed E-state index contributed by atoms with van der Waals surface area (Å²) in [7, 11) is 0. The van der Waals surface area contributed by atoms with Crippen molar-refractivity contribution in [1.82, 2.24) is 0 Å². The molecule has 0 saturated carbocycles. The van der Waals surface area contributed by atoms with Gasteiger partial charge >= 0.3 is 12.4 Å². The Morgan fingerprint density at radius 2 is 1.23 bits per heavy atom. The molecule has 0 amide bonds. The molecule has 0 radical (unpaired) electrons. The molecule has 118 valence electrons. The molecule has 0 spiro atoms. The third-order valence-corrected chi connectivity index (χ3v) is 2.87. The van der Waals surface area contributed by atoms with Crippen LogP contribution < -0.4 is 0 Å². The quantitative estimate of drug-likeness (QED) is 0.740. The van der Waals surface area contributed by atoms with Gasteiger partial charge in [-0.2, -0.15) is 26.3 Å². The van der Waals surface area contributed by atoms with Gasteiger partial charge in [-0.15, -0.1) is 0 Å². The van der Waals surface area contributed by atoms with E-state index in [4.69, 9.17) is 0 Å². The van der Waals surface area contributed by atoms with Crippen molar-refractivity contribution in [3.05, 3.63) is 47.5 Å². The van der Waals surface area contributed by atoms with Crippen molar-refractivity contribution in [2.45, 2.75) is 12.4 Å². The summed E-state index contributed by atoms with van der Waals surface area (Å²) in [6.07, 6.45) is -9.95. The smallest absolute Gasteiger partial charge is 0.417 e. The van der Waals surface area contributed by atoms with Crippen molar-refractivity contribution in [3.8, 4) is 22.6 Å². The van der Waals surface area contributed by atoms with Crippen LogP contribution in [0.1, 0.15) is 11.1 Å². The Labute approximate surface area is 120 Å². The van der Waals surface area contributed by atoms with Crippen LogP contribution in [0, 0.1) is 0 Å². The number of phenols is 2. The van der Waals surface area contributed by atoms with Crippen LogP contribution in [0.15, 0.2) is 36.4 Å². The van der Waals surface area contributed by atoms with Crippen LogP contribution in [0.25, 0.3) is 11.1 Å². The van der Waals surface area contributed by atoms with E-state index in [2.05, 4.69) is 0 Å². The van der Waals surface area contributed by atoms with E-state index in [0.29, 0.717) is 12.1 Å². The summed E-state index contributed by atoms with van der Waals surface area (Å²) in [5.41, 5.74) is -3.77. The van der Waals surface area contributed by atoms with Crippen molar-refractivity contribution in [1.29, 1.82) is 0 Å². The fourth-order valence-electron chi connectivity index (χ4n) is 1.96. The molecular weight excluding hydrogens is 314 g/mol. The lowest BCUT2D eigenvalue weighted by Crippen LogP contribution is -2.12. The maximum Gasteiger partial charge on any atom is 0.417 e. The molecule has 0 unspecified atom stereocenters. The number of hydrogen-bond acceptors (Lipinski definition) is 2. The van der Waals surface area contributed by atoms with Gasteiger partial charge in [0, 0.05) is 6.07 Å². The number of phenolic OH excluding ortho intramolecular Hbond substituents is 2. The van der Waals surface area contributed by atoms with Crippen LogP contribution >= 0.6 is 0 Å². The van der Waals surface area contributed by atoms with Gasteiger partial charge in [0.05, 0.1) is 11.1 Å². The highest BCUT2D eigenvalue weighted by Crippen LogP contribution is 2.42. The summed E-state index contributed by atoms with van der Waals surface area (Å²) in [6, 6.07) is 3.87. The van der Waals surface area contributed by atoms with Crippen LogP contribution in [0.5, 0.6) is 11.5 Å². The van der Waals surface area contributed by atoms with E-state index >= 15 is 0 Å². The molecule has 0 fully saturated rings. The monoisotopic (exact) mass is 322 g/mol. The van der Waals surface area contributed by atoms with E-state index in [9.17, 15) is 36.6 Å². The summed E-state index contributed by atoms with van der Waals surface area (Å²) in [4.78, 5) is 0. The maximum absolute atomic E-state index is 13.0. The van der Waals surface area contributed by atoms with Gasteiger partial charge in [-0.05, 0) is 35.4 Å². The lowest BCUT2D eigenvalue weighted by molar-refractivity contribution is -0.142. The Hall–Kier alpha value is -2.38. The van der Waals surface area contributed by atoms with E-state index in [1.54, 1.807) is 0 Å². The van der Waals surface area contributed by atoms with Gasteiger partial charge in [0.2, 0.25) is 0 Å². The van der Waals surface area contributed by atoms with E-state index in [1.165, 1.54) is 0 Å². The topological polar surface area (TPSA) is 40.5 Å². The number of halogens is 6. The maximum atomic E-state index is 13.0. The lowest BCUT2D eigenvalue weighted by atomic mass is 9.96. The van der Waals surface area contributed by atoms with Crippen LogP contribution in [0.4, 0.5) is 26.3 Å². The SMILES string of the molecule is Oc1cc(O)cc(-c2ccc(C(F)(F)F)cc2C(F)(F)F)c1. The van der Waals surface area contributed by atoms with Gasteiger partial charge in [-0.3, -0.25) is 0 Å². The standard InChI is InChI=1S/C14H8F6O2/c15-13(16,17)8-1-2-11(12(5-8)14(18,19)20)7-3-9(21)6-10(22)4-7/h1-6,21-22H. The first-order valence-corrected chi connectivity index (χ1v) is 5.80. The molecule has 0 aliphatic rings. The second kappa shape index (κ2) is 5.11. The Balaban J connectivity index is 2.70. The van der Waals surface area contributed by atoms with Gasteiger partial charge in [0.25, 0.3) is 0 Å². The molecule has 2 aromatic carbocycles. The highest BCUT2D eigenvalue weighted by atomic mass is 19.4. The van der Waals surface area contributed by atoms with Crippen molar-refractivity contribution in [2.75, 3.05) is 0 Å². The van der Waals surface area contributed by atoms with Crippen LogP contribution in [0.3, 0.4) is 0 Å². The fourth-order valence-corrected chi connectivity index (χ4v) is 1.96. The summed E-state index contributed by atoms with van der Waals surface area (Å²) in [6.45, 7) is 0. The molecule has 0 aromatic heterocycles. The van der Waals surface area contributed by atoms with Crippen LogP contribution in [0.2, 0.25) is 0 Å². The van der Waals surface area contributed by atoms with Crippen molar-refractivity contribution >= 4 is 0 Å². The number of hydrogen-bond donors (Lipinski definition) is 2. The van der Waals surface area contributed by atoms with E-state index in [0.717, 1.165) is 18.2 Å². The minimum Gasteiger partial charge on any atom is -0.508 e. The first-order valence-electron chi connectivity index (χ1n) is 5.80. The predicted octanol–water partition coefficient (Wildman–Crippen LogP) is 4.80. The average Bonchev–Trinajstić information content (AvgIpc) is 2.34. The molecule has 2 N–H and O–H groups in total. The zero-order chi connectivity index (χ0) is 16.7. The number of benzene rings is 2. The Bertz CT molecular complexity index is 683. The third-order valence-electron chi connectivity index (χ3n) is 2.87. The van der Waals surface area contributed by atoms with E-state index in [1.807, 2.05) is 0 Å². The van der Waals surface area contributed by atoms with Gasteiger partial charge in [0.15, 0.2) is 0 Å². The van der Waals surface area contributed by atoms with Crippen LogP contribution in [-0.2, 0) is 12.4 Å².